The number of amides is 2. The van der Waals surface area contributed by atoms with Gasteiger partial charge in [-0.15, -0.1) is 0 Å². The molecular formula is C31H36Cl2N6O2. The van der Waals surface area contributed by atoms with Crippen LogP contribution in [0.3, 0.4) is 0 Å². The van der Waals surface area contributed by atoms with Crippen molar-refractivity contribution in [2.24, 2.45) is 16.5 Å². The number of hydrogen-bond acceptors (Lipinski definition) is 4. The van der Waals surface area contributed by atoms with E-state index in [9.17, 15) is 9.59 Å². The van der Waals surface area contributed by atoms with E-state index < -0.39 is 6.04 Å². The van der Waals surface area contributed by atoms with E-state index in [0.29, 0.717) is 61.1 Å². The van der Waals surface area contributed by atoms with Gasteiger partial charge >= 0.3 is 0 Å². The van der Waals surface area contributed by atoms with Crippen molar-refractivity contribution in [1.29, 1.82) is 0 Å². The van der Waals surface area contributed by atoms with Crippen molar-refractivity contribution < 1.29 is 9.59 Å². The number of rotatable bonds is 11. The van der Waals surface area contributed by atoms with Crippen molar-refractivity contribution in [1.82, 2.24) is 15.5 Å². The van der Waals surface area contributed by atoms with Crippen LogP contribution in [-0.4, -0.2) is 60.9 Å². The van der Waals surface area contributed by atoms with Crippen LogP contribution in [0.25, 0.3) is 0 Å². The highest BCUT2D eigenvalue weighted by molar-refractivity contribution is 6.35. The van der Waals surface area contributed by atoms with Gasteiger partial charge in [0.05, 0.1) is 16.6 Å². The Labute approximate surface area is 251 Å². The standard InChI is InChI=1S/C31H36Cl2N6O2/c32-23-13-14-27(33)25(18-23)29(40)37-19-24-15-17-39(30(41)28(38-24)12-7-16-36-31(34)35)20-26(21-8-3-1-4-9-21)22-10-5-2-6-11-22/h1-6,8-11,13-14,18,24,26,28,38H,7,12,15-17,19-20H2,(H,37,40)(H4,34,35,36)/t24-,28-/m0/s1. The average Bonchev–Trinajstić information content (AvgIpc) is 3.12. The fourth-order valence-corrected chi connectivity index (χ4v) is 5.49. The first kappa shape index (κ1) is 30.4. The molecule has 0 aliphatic carbocycles. The fraction of sp³-hybridized carbons (Fsp3) is 0.323. The first-order chi connectivity index (χ1) is 19.8. The first-order valence-electron chi connectivity index (χ1n) is 13.7. The molecule has 2 amide bonds. The highest BCUT2D eigenvalue weighted by Gasteiger charge is 2.32. The summed E-state index contributed by atoms with van der Waals surface area (Å²) in [6.07, 6.45) is 1.85. The fourth-order valence-electron chi connectivity index (χ4n) is 5.11. The van der Waals surface area contributed by atoms with Gasteiger partial charge in [0.15, 0.2) is 5.96 Å². The molecule has 0 radical (unpaired) electrons. The van der Waals surface area contributed by atoms with E-state index in [1.54, 1.807) is 18.2 Å². The Balaban J connectivity index is 1.51. The molecule has 1 fully saturated rings. The molecule has 1 aliphatic rings. The zero-order valence-electron chi connectivity index (χ0n) is 22.8. The van der Waals surface area contributed by atoms with Gasteiger partial charge in [-0.25, -0.2) is 0 Å². The van der Waals surface area contributed by atoms with Crippen LogP contribution in [0.15, 0.2) is 83.9 Å². The summed E-state index contributed by atoms with van der Waals surface area (Å²) in [6, 6.07) is 24.7. The van der Waals surface area contributed by atoms with Gasteiger partial charge in [0.1, 0.15) is 0 Å². The van der Waals surface area contributed by atoms with Crippen LogP contribution in [0.2, 0.25) is 10.0 Å². The molecule has 0 saturated carbocycles. The number of aliphatic imine (C=N–C) groups is 1. The van der Waals surface area contributed by atoms with Gasteiger partial charge in [0.25, 0.3) is 5.91 Å². The van der Waals surface area contributed by atoms with Gasteiger partial charge in [0, 0.05) is 43.2 Å². The molecule has 1 aliphatic heterocycles. The SMILES string of the molecule is NC(N)=NCCC[C@@H]1N[C@H](CNC(=O)c2cc(Cl)ccc2Cl)CCN(CC(c2ccccc2)c2ccccc2)C1=O. The lowest BCUT2D eigenvalue weighted by atomic mass is 9.90. The van der Waals surface area contributed by atoms with Crippen molar-refractivity contribution in [2.45, 2.75) is 37.3 Å². The molecule has 0 spiro atoms. The van der Waals surface area contributed by atoms with E-state index >= 15 is 0 Å². The van der Waals surface area contributed by atoms with E-state index in [-0.39, 0.29) is 29.7 Å². The molecule has 41 heavy (non-hydrogen) atoms. The molecule has 10 heteroatoms. The van der Waals surface area contributed by atoms with Crippen LogP contribution in [0.1, 0.15) is 46.7 Å². The van der Waals surface area contributed by atoms with Crippen molar-refractivity contribution in [2.75, 3.05) is 26.2 Å². The second kappa shape index (κ2) is 14.9. The third-order valence-corrected chi connectivity index (χ3v) is 7.79. The number of nitrogens with zero attached hydrogens (tertiary/aromatic N) is 2. The quantitative estimate of drug-likeness (QED) is 0.151. The number of nitrogens with two attached hydrogens (primary N) is 2. The van der Waals surface area contributed by atoms with Crippen molar-refractivity contribution >= 4 is 41.0 Å². The maximum Gasteiger partial charge on any atom is 0.252 e. The van der Waals surface area contributed by atoms with Crippen LogP contribution in [-0.2, 0) is 4.79 Å². The molecule has 4 rings (SSSR count). The first-order valence-corrected chi connectivity index (χ1v) is 14.5. The minimum absolute atomic E-state index is 0.0184. The third kappa shape index (κ3) is 8.70. The predicted molar refractivity (Wildman–Crippen MR) is 165 cm³/mol. The molecule has 1 saturated heterocycles. The zero-order valence-corrected chi connectivity index (χ0v) is 24.3. The summed E-state index contributed by atoms with van der Waals surface area (Å²) >= 11 is 12.3. The molecule has 6 N–H and O–H groups in total. The second-order valence-electron chi connectivity index (χ2n) is 10.1. The summed E-state index contributed by atoms with van der Waals surface area (Å²) in [4.78, 5) is 32.8. The number of carbonyl (C=O) groups excluding carboxylic acids is 2. The van der Waals surface area contributed by atoms with Crippen LogP contribution >= 0.6 is 23.2 Å². The smallest absolute Gasteiger partial charge is 0.252 e. The minimum atomic E-state index is -0.449. The number of benzene rings is 3. The van der Waals surface area contributed by atoms with Crippen molar-refractivity contribution in [3.8, 4) is 0 Å². The maximum atomic E-state index is 13.9. The Morgan fingerprint density at radius 3 is 2.32 bits per heavy atom. The highest BCUT2D eigenvalue weighted by atomic mass is 35.5. The average molecular weight is 596 g/mol. The summed E-state index contributed by atoms with van der Waals surface area (Å²) in [6.45, 7) is 1.84. The lowest BCUT2D eigenvalue weighted by Crippen LogP contribution is -2.49. The second-order valence-corrected chi connectivity index (χ2v) is 11.0. The van der Waals surface area contributed by atoms with E-state index in [1.807, 2.05) is 41.3 Å². The molecule has 3 aromatic carbocycles. The van der Waals surface area contributed by atoms with Gasteiger partial charge in [-0.1, -0.05) is 83.9 Å². The normalized spacial score (nSPS) is 17.2. The predicted octanol–water partition coefficient (Wildman–Crippen LogP) is 4.17. The highest BCUT2D eigenvalue weighted by Crippen LogP contribution is 2.27. The molecule has 0 bridgehead atoms. The number of guanidine groups is 1. The van der Waals surface area contributed by atoms with E-state index in [2.05, 4.69) is 39.9 Å². The monoisotopic (exact) mass is 594 g/mol. The summed E-state index contributed by atoms with van der Waals surface area (Å²) in [5.74, 6) is -0.243. The molecule has 216 valence electrons. The molecule has 3 aromatic rings. The molecule has 1 heterocycles. The molecule has 8 nitrogen and oxygen atoms in total. The number of carbonyl (C=O) groups is 2. The summed E-state index contributed by atoms with van der Waals surface area (Å²) < 4.78 is 0. The van der Waals surface area contributed by atoms with Gasteiger partial charge in [-0.3, -0.25) is 14.6 Å². The Bertz CT molecular complexity index is 1300. The van der Waals surface area contributed by atoms with E-state index in [1.165, 1.54) is 0 Å². The number of nitrogens with one attached hydrogen (secondary N) is 2. The van der Waals surface area contributed by atoms with Crippen LogP contribution in [0, 0.1) is 0 Å². The lowest BCUT2D eigenvalue weighted by Gasteiger charge is -2.29. The Morgan fingerprint density at radius 1 is 1.02 bits per heavy atom. The van der Waals surface area contributed by atoms with E-state index in [0.717, 1.165) is 11.1 Å². The van der Waals surface area contributed by atoms with E-state index in [4.69, 9.17) is 34.7 Å². The number of hydrogen-bond donors (Lipinski definition) is 4. The van der Waals surface area contributed by atoms with Crippen LogP contribution in [0.5, 0.6) is 0 Å². The van der Waals surface area contributed by atoms with Gasteiger partial charge in [0.2, 0.25) is 5.91 Å². The Hall–Kier alpha value is -3.59. The summed E-state index contributed by atoms with van der Waals surface area (Å²) in [7, 11) is 0. The topological polar surface area (TPSA) is 126 Å². The van der Waals surface area contributed by atoms with Crippen LogP contribution < -0.4 is 22.1 Å². The van der Waals surface area contributed by atoms with Gasteiger partial charge in [-0.2, -0.15) is 0 Å². The zero-order chi connectivity index (χ0) is 29.2. The largest absolute Gasteiger partial charge is 0.370 e. The van der Waals surface area contributed by atoms with Crippen molar-refractivity contribution in [3.05, 3.63) is 106 Å². The number of halogens is 2. The third-order valence-electron chi connectivity index (χ3n) is 7.23. The lowest BCUT2D eigenvalue weighted by molar-refractivity contribution is -0.133. The Kier molecular flexibility index (Phi) is 11.0. The Morgan fingerprint density at radius 2 is 1.68 bits per heavy atom. The van der Waals surface area contributed by atoms with Crippen LogP contribution in [0.4, 0.5) is 0 Å². The molecular weight excluding hydrogens is 559 g/mol. The van der Waals surface area contributed by atoms with Gasteiger partial charge in [-0.05, 0) is 48.6 Å². The minimum Gasteiger partial charge on any atom is -0.370 e. The maximum absolute atomic E-state index is 13.9. The molecule has 0 unspecified atom stereocenters. The summed E-state index contributed by atoms with van der Waals surface area (Å²) in [5, 5.41) is 7.21. The van der Waals surface area contributed by atoms with Crippen molar-refractivity contribution in [3.63, 3.8) is 0 Å². The molecule has 2 atom stereocenters. The molecule has 0 aromatic heterocycles. The van der Waals surface area contributed by atoms with Gasteiger partial charge < -0.3 is 27.0 Å². The summed E-state index contributed by atoms with van der Waals surface area (Å²) in [5.41, 5.74) is 13.6.